The molecule has 10 heteroatoms. The van der Waals surface area contributed by atoms with Gasteiger partial charge in [-0.15, -0.1) is 4.36 Å². The third kappa shape index (κ3) is 5.94. The molecule has 32 heavy (non-hydrogen) atoms. The van der Waals surface area contributed by atoms with Crippen LogP contribution in [0.2, 0.25) is 0 Å². The first-order valence-electron chi connectivity index (χ1n) is 10.1. The smallest absolute Gasteiger partial charge is 0.353 e. The summed E-state index contributed by atoms with van der Waals surface area (Å²) in [6.45, 7) is 12.2. The van der Waals surface area contributed by atoms with E-state index in [1.54, 1.807) is 40.7 Å². The minimum absolute atomic E-state index is 0.0873. The van der Waals surface area contributed by atoms with Gasteiger partial charge in [0.1, 0.15) is 23.1 Å². The molecule has 0 spiro atoms. The molecule has 2 rings (SSSR count). The van der Waals surface area contributed by atoms with Crippen LogP contribution in [0.5, 0.6) is 0 Å². The van der Waals surface area contributed by atoms with Gasteiger partial charge in [0.15, 0.2) is 0 Å². The van der Waals surface area contributed by atoms with Crippen LogP contribution in [0.15, 0.2) is 20.9 Å². The lowest BCUT2D eigenvalue weighted by atomic mass is 9.90. The number of benzene rings is 1. The number of nitrogens with zero attached hydrogens (tertiary/aromatic N) is 2. The lowest BCUT2D eigenvalue weighted by Crippen LogP contribution is -2.15. The number of furan rings is 1. The summed E-state index contributed by atoms with van der Waals surface area (Å²) in [5.41, 5.74) is 0.809. The van der Waals surface area contributed by atoms with E-state index in [9.17, 15) is 23.8 Å². The molecular formula is C22H29FN3O4PS. The highest BCUT2D eigenvalue weighted by atomic mass is 32.7. The Bertz CT molecular complexity index is 1150. The van der Waals surface area contributed by atoms with Crippen LogP contribution in [0.4, 0.5) is 14.9 Å². The van der Waals surface area contributed by atoms with E-state index in [2.05, 4.69) is 9.68 Å². The first kappa shape index (κ1) is 26.0. The van der Waals surface area contributed by atoms with E-state index < -0.39 is 35.4 Å². The summed E-state index contributed by atoms with van der Waals surface area (Å²) in [5.74, 6) is -0.585. The van der Waals surface area contributed by atoms with Gasteiger partial charge in [0.25, 0.3) is 0 Å². The van der Waals surface area contributed by atoms with E-state index in [4.69, 9.17) is 4.42 Å². The number of carbonyl (C=O) groups excluding carboxylic acids is 1. The van der Waals surface area contributed by atoms with Gasteiger partial charge in [0.05, 0.1) is 34.9 Å². The number of halogens is 1. The summed E-state index contributed by atoms with van der Waals surface area (Å²) in [6, 6.07) is 4.03. The van der Waals surface area contributed by atoms with Crippen molar-refractivity contribution in [2.75, 3.05) is 5.32 Å². The van der Waals surface area contributed by atoms with E-state index in [1.165, 1.54) is 6.07 Å². The van der Waals surface area contributed by atoms with Crippen molar-refractivity contribution in [3.05, 3.63) is 46.0 Å². The molecule has 0 aliphatic carbocycles. The largest absolute Gasteiger partial charge is 0.461 e. The quantitative estimate of drug-likeness (QED) is 0.388. The zero-order valence-electron chi connectivity index (χ0n) is 19.2. The first-order valence-corrected chi connectivity index (χ1v) is 13.2. The Morgan fingerprint density at radius 2 is 1.94 bits per heavy atom. The number of nitrogens with one attached hydrogen (secondary N) is 1. The van der Waals surface area contributed by atoms with Crippen LogP contribution >= 0.6 is 7.78 Å². The molecule has 2 unspecified atom stereocenters. The summed E-state index contributed by atoms with van der Waals surface area (Å²) >= 11 is 0. The second-order valence-electron chi connectivity index (χ2n) is 8.59. The van der Waals surface area contributed by atoms with Crippen molar-refractivity contribution in [2.45, 2.75) is 65.9 Å². The third-order valence-electron chi connectivity index (χ3n) is 4.85. The predicted molar refractivity (Wildman–Crippen MR) is 127 cm³/mol. The molecule has 2 amide bonds. The maximum absolute atomic E-state index is 14.9. The van der Waals surface area contributed by atoms with Gasteiger partial charge in [0, 0.05) is 11.1 Å². The van der Waals surface area contributed by atoms with Crippen molar-refractivity contribution in [1.29, 1.82) is 5.26 Å². The monoisotopic (exact) mass is 481 g/mol. The van der Waals surface area contributed by atoms with E-state index in [0.29, 0.717) is 22.4 Å². The molecule has 1 heterocycles. The number of anilines is 1. The molecule has 0 saturated heterocycles. The maximum atomic E-state index is 14.9. The van der Waals surface area contributed by atoms with Crippen LogP contribution in [0.3, 0.4) is 0 Å². The highest BCUT2D eigenvalue weighted by Gasteiger charge is 2.24. The highest BCUT2D eigenvalue weighted by molar-refractivity contribution is 8.36. The Hall–Kier alpha value is -2.27. The molecule has 0 radical (unpaired) electrons. The SMILES string of the molecule is Cc1oc(P/[SH](=O)=N\C(=O)Nc2c(C(C)C)cc(C#N)c(F)c2C(C)C)cc1C(C)(C)O. The van der Waals surface area contributed by atoms with Crippen molar-refractivity contribution in [3.63, 3.8) is 0 Å². The maximum Gasteiger partial charge on any atom is 0.353 e. The molecule has 0 fully saturated rings. The molecule has 174 valence electrons. The average Bonchev–Trinajstić information content (AvgIpc) is 3.01. The van der Waals surface area contributed by atoms with Crippen molar-refractivity contribution in [2.24, 2.45) is 4.36 Å². The molecule has 0 bridgehead atoms. The number of carbonyl (C=O) groups is 1. The molecule has 0 aliphatic rings. The normalized spacial score (nSPS) is 13.3. The van der Waals surface area contributed by atoms with Gasteiger partial charge in [-0.2, -0.15) is 5.26 Å². The summed E-state index contributed by atoms with van der Waals surface area (Å²) in [4.78, 5) is 12.5. The fourth-order valence-corrected chi connectivity index (χ4v) is 5.58. The summed E-state index contributed by atoms with van der Waals surface area (Å²) in [7, 11) is -2.73. The minimum Gasteiger partial charge on any atom is -0.461 e. The molecule has 2 N–H and O–H groups in total. The molecule has 2 aromatic rings. The van der Waals surface area contributed by atoms with E-state index in [-0.39, 0.29) is 28.7 Å². The standard InChI is InChI=1S/C22H29FN3O4PS/c1-11(2)15-8-14(10-24)19(23)18(12(3)4)20(15)25-21(27)26-32(29)31-17-9-16(13(5)30-17)22(6,7)28/h8-9,11-12,28,31-32H,1-7H3,(H,25,27). The Morgan fingerprint density at radius 1 is 1.31 bits per heavy atom. The number of aliphatic hydroxyl groups is 1. The van der Waals surface area contributed by atoms with Gasteiger partial charge in [-0.3, -0.25) is 0 Å². The number of rotatable bonds is 6. The van der Waals surface area contributed by atoms with Crippen molar-refractivity contribution in [3.8, 4) is 6.07 Å². The van der Waals surface area contributed by atoms with Crippen molar-refractivity contribution < 1.29 is 22.9 Å². The molecule has 0 saturated carbocycles. The van der Waals surface area contributed by atoms with Crippen LogP contribution in [0.25, 0.3) is 0 Å². The summed E-state index contributed by atoms with van der Waals surface area (Å²) < 4.78 is 36.6. The lowest BCUT2D eigenvalue weighted by Gasteiger charge is -2.21. The van der Waals surface area contributed by atoms with Gasteiger partial charge < -0.3 is 14.8 Å². The Labute approximate surface area is 191 Å². The van der Waals surface area contributed by atoms with Crippen LogP contribution in [-0.2, 0) is 15.8 Å². The molecule has 1 aromatic heterocycles. The summed E-state index contributed by atoms with van der Waals surface area (Å²) in [6.07, 6.45) is 0. The third-order valence-corrected chi connectivity index (χ3v) is 7.40. The van der Waals surface area contributed by atoms with Gasteiger partial charge >= 0.3 is 6.03 Å². The molecule has 0 aliphatic heterocycles. The summed E-state index contributed by atoms with van der Waals surface area (Å²) in [5, 5.41) is 22.0. The lowest BCUT2D eigenvalue weighted by molar-refractivity contribution is 0.0770. The Kier molecular flexibility index (Phi) is 8.22. The van der Waals surface area contributed by atoms with Crippen LogP contribution in [0.1, 0.15) is 81.4 Å². The number of aryl methyl sites for hydroxylation is 1. The number of thiol groups is 1. The molecular weight excluding hydrogens is 452 g/mol. The van der Waals surface area contributed by atoms with Gasteiger partial charge in [0.2, 0.25) is 0 Å². The number of hydrogen-bond acceptors (Lipinski definition) is 5. The van der Waals surface area contributed by atoms with Crippen molar-refractivity contribution >= 4 is 35.2 Å². The van der Waals surface area contributed by atoms with Crippen LogP contribution < -0.4 is 10.8 Å². The number of urea groups is 1. The van der Waals surface area contributed by atoms with E-state index in [1.807, 2.05) is 19.9 Å². The molecule has 7 nitrogen and oxygen atoms in total. The van der Waals surface area contributed by atoms with Gasteiger partial charge in [-0.25, -0.2) is 13.4 Å². The first-order chi connectivity index (χ1) is 14.8. The number of hydrogen-bond donors (Lipinski definition) is 3. The van der Waals surface area contributed by atoms with Crippen LogP contribution in [0, 0.1) is 24.1 Å². The minimum atomic E-state index is -2.33. The van der Waals surface area contributed by atoms with Gasteiger partial charge in [-0.1, -0.05) is 27.7 Å². The Morgan fingerprint density at radius 3 is 2.41 bits per heavy atom. The predicted octanol–water partition coefficient (Wildman–Crippen LogP) is 5.19. The zero-order valence-corrected chi connectivity index (χ0v) is 21.1. The van der Waals surface area contributed by atoms with Crippen LogP contribution in [-0.4, -0.2) is 15.3 Å². The molecule has 1 aromatic carbocycles. The number of amides is 2. The fourth-order valence-electron chi connectivity index (χ4n) is 3.40. The second-order valence-corrected chi connectivity index (χ2v) is 11.9. The second kappa shape index (κ2) is 10.1. The van der Waals surface area contributed by atoms with Crippen molar-refractivity contribution in [1.82, 2.24) is 0 Å². The molecule has 2 atom stereocenters. The Balaban J connectivity index is 2.37. The average molecular weight is 482 g/mol. The fraction of sp³-hybridized carbons (Fsp3) is 0.455. The van der Waals surface area contributed by atoms with E-state index in [0.717, 1.165) is 0 Å². The highest BCUT2D eigenvalue weighted by Crippen LogP contribution is 2.36. The van der Waals surface area contributed by atoms with Gasteiger partial charge in [-0.05, 0) is 50.3 Å². The van der Waals surface area contributed by atoms with E-state index >= 15 is 0 Å². The number of nitriles is 1. The topological polar surface area (TPSA) is 116 Å². The zero-order chi connectivity index (χ0) is 24.4.